The van der Waals surface area contributed by atoms with Crippen LogP contribution in [0, 0.1) is 13.8 Å². The lowest BCUT2D eigenvalue weighted by Gasteiger charge is -2.10. The number of amidine groups is 1. The van der Waals surface area contributed by atoms with Crippen LogP contribution in [0.25, 0.3) is 11.8 Å². The zero-order valence-corrected chi connectivity index (χ0v) is 22.0. The monoisotopic (exact) mass is 567 g/mol. The fourth-order valence-electron chi connectivity index (χ4n) is 3.41. The highest BCUT2D eigenvalue weighted by Crippen LogP contribution is 2.36. The van der Waals surface area contributed by atoms with E-state index >= 15 is 0 Å². The molecule has 0 unspecified atom stereocenters. The number of aryl methyl sites for hydroxylation is 1. The standard InChI is InChI=1S/C23H17BrCl3N3OS/c1-12-8-14(13(2)30(12)16-5-7-18(25)20(27)11-16)9-21-22(31)29(3)23(32-21)28-15-4-6-17(24)19(26)10-15/h4-11H,1-3H3/b21-9-,28-23?. The first kappa shape index (κ1) is 23.5. The number of aromatic nitrogens is 1. The second-order valence-corrected chi connectivity index (χ2v) is 10.3. The van der Waals surface area contributed by atoms with Crippen molar-refractivity contribution in [1.82, 2.24) is 9.47 Å². The Labute approximate surface area is 214 Å². The first-order chi connectivity index (χ1) is 15.2. The predicted octanol–water partition coefficient (Wildman–Crippen LogP) is 8.05. The molecule has 0 bridgehead atoms. The fraction of sp³-hybridized carbons (Fsp3) is 0.130. The molecule has 2 heterocycles. The topological polar surface area (TPSA) is 37.6 Å². The van der Waals surface area contributed by atoms with Gasteiger partial charge in [-0.05, 0) is 95.6 Å². The van der Waals surface area contributed by atoms with Crippen LogP contribution in [0.5, 0.6) is 0 Å². The maximum atomic E-state index is 12.9. The van der Waals surface area contributed by atoms with Crippen molar-refractivity contribution in [2.24, 2.45) is 4.99 Å². The largest absolute Gasteiger partial charge is 0.318 e. The molecule has 0 spiro atoms. The summed E-state index contributed by atoms with van der Waals surface area (Å²) in [5.74, 6) is -0.101. The molecule has 0 radical (unpaired) electrons. The Morgan fingerprint density at radius 2 is 1.75 bits per heavy atom. The molecule has 0 N–H and O–H groups in total. The van der Waals surface area contributed by atoms with Crippen LogP contribution in [0.3, 0.4) is 0 Å². The lowest BCUT2D eigenvalue weighted by molar-refractivity contribution is -0.121. The molecule has 1 aromatic heterocycles. The number of hydrogen-bond donors (Lipinski definition) is 0. The van der Waals surface area contributed by atoms with E-state index in [9.17, 15) is 4.79 Å². The molecular weight excluding hydrogens is 553 g/mol. The van der Waals surface area contributed by atoms with E-state index in [1.54, 1.807) is 24.1 Å². The number of carbonyl (C=O) groups is 1. The number of hydrogen-bond acceptors (Lipinski definition) is 3. The molecule has 1 aliphatic rings. The van der Waals surface area contributed by atoms with Crippen LogP contribution in [0.15, 0.2) is 56.8 Å². The summed E-state index contributed by atoms with van der Waals surface area (Å²) in [5.41, 5.74) is 4.56. The molecule has 1 saturated heterocycles. The summed E-state index contributed by atoms with van der Waals surface area (Å²) in [6.45, 7) is 4.02. The zero-order valence-electron chi connectivity index (χ0n) is 17.3. The van der Waals surface area contributed by atoms with Crippen LogP contribution in [0.1, 0.15) is 17.0 Å². The van der Waals surface area contributed by atoms with Crippen molar-refractivity contribution in [2.45, 2.75) is 13.8 Å². The molecule has 164 valence electrons. The van der Waals surface area contributed by atoms with Gasteiger partial charge in [0.15, 0.2) is 5.17 Å². The lowest BCUT2D eigenvalue weighted by Crippen LogP contribution is -2.23. The van der Waals surface area contributed by atoms with Gasteiger partial charge in [0, 0.05) is 28.6 Å². The van der Waals surface area contributed by atoms with Gasteiger partial charge in [0.25, 0.3) is 5.91 Å². The van der Waals surface area contributed by atoms with Crippen LogP contribution in [0.4, 0.5) is 5.69 Å². The molecule has 0 atom stereocenters. The van der Waals surface area contributed by atoms with Crippen molar-refractivity contribution in [3.63, 3.8) is 0 Å². The van der Waals surface area contributed by atoms with Gasteiger partial charge in [0.05, 0.1) is 25.7 Å². The van der Waals surface area contributed by atoms with Crippen molar-refractivity contribution in [3.05, 3.63) is 83.9 Å². The summed E-state index contributed by atoms with van der Waals surface area (Å²) in [4.78, 5) is 19.6. The van der Waals surface area contributed by atoms with Gasteiger partial charge in [0.2, 0.25) is 0 Å². The quantitative estimate of drug-likeness (QED) is 0.299. The molecular formula is C23H17BrCl3N3OS. The number of halogens is 4. The average Bonchev–Trinajstić information content (AvgIpc) is 3.17. The van der Waals surface area contributed by atoms with E-state index in [2.05, 4.69) is 25.5 Å². The van der Waals surface area contributed by atoms with Gasteiger partial charge in [-0.3, -0.25) is 9.69 Å². The van der Waals surface area contributed by atoms with Gasteiger partial charge in [-0.2, -0.15) is 0 Å². The second-order valence-electron chi connectivity index (χ2n) is 7.23. The molecule has 1 fully saturated rings. The van der Waals surface area contributed by atoms with Crippen molar-refractivity contribution in [1.29, 1.82) is 0 Å². The van der Waals surface area contributed by atoms with E-state index in [0.29, 0.717) is 30.8 Å². The molecule has 3 aromatic rings. The minimum atomic E-state index is -0.101. The fourth-order valence-corrected chi connectivity index (χ4v) is 5.10. The lowest BCUT2D eigenvalue weighted by atomic mass is 10.2. The van der Waals surface area contributed by atoms with Gasteiger partial charge in [-0.1, -0.05) is 34.8 Å². The highest BCUT2D eigenvalue weighted by Gasteiger charge is 2.30. The van der Waals surface area contributed by atoms with E-state index in [4.69, 9.17) is 34.8 Å². The summed E-state index contributed by atoms with van der Waals surface area (Å²) in [7, 11) is 1.72. The number of thioether (sulfide) groups is 1. The second kappa shape index (κ2) is 9.27. The molecule has 0 saturated carbocycles. The maximum Gasteiger partial charge on any atom is 0.266 e. The molecule has 9 heteroatoms. The normalized spacial score (nSPS) is 16.6. The third-order valence-electron chi connectivity index (χ3n) is 5.05. The van der Waals surface area contributed by atoms with Gasteiger partial charge in [-0.25, -0.2) is 4.99 Å². The Balaban J connectivity index is 1.68. The molecule has 4 rings (SSSR count). The number of benzene rings is 2. The van der Waals surface area contributed by atoms with Crippen molar-refractivity contribution in [2.75, 3.05) is 7.05 Å². The molecule has 2 aromatic carbocycles. The van der Waals surface area contributed by atoms with E-state index in [-0.39, 0.29) is 5.91 Å². The Kier molecular flexibility index (Phi) is 6.80. The highest BCUT2D eigenvalue weighted by molar-refractivity contribution is 9.10. The van der Waals surface area contributed by atoms with Crippen molar-refractivity contribution in [3.8, 4) is 5.69 Å². The van der Waals surface area contributed by atoms with Gasteiger partial charge in [-0.15, -0.1) is 0 Å². The number of carbonyl (C=O) groups excluding carboxylic acids is 1. The minimum Gasteiger partial charge on any atom is -0.318 e. The minimum absolute atomic E-state index is 0.101. The van der Waals surface area contributed by atoms with Crippen LogP contribution >= 0.6 is 62.5 Å². The Morgan fingerprint density at radius 3 is 2.44 bits per heavy atom. The van der Waals surface area contributed by atoms with Crippen LogP contribution in [-0.2, 0) is 4.79 Å². The smallest absolute Gasteiger partial charge is 0.266 e. The van der Waals surface area contributed by atoms with Crippen molar-refractivity contribution >= 4 is 85.3 Å². The Bertz CT molecular complexity index is 1320. The van der Waals surface area contributed by atoms with E-state index < -0.39 is 0 Å². The number of rotatable bonds is 3. The summed E-state index contributed by atoms with van der Waals surface area (Å²) in [6.07, 6.45) is 1.90. The SMILES string of the molecule is Cc1cc(/C=C2\SC(=Nc3ccc(Br)c(Cl)c3)N(C)C2=O)c(C)n1-c1ccc(Cl)c(Cl)c1. The van der Waals surface area contributed by atoms with Crippen LogP contribution in [-0.4, -0.2) is 27.6 Å². The molecule has 0 aliphatic carbocycles. The summed E-state index contributed by atoms with van der Waals surface area (Å²) >= 11 is 23.2. The summed E-state index contributed by atoms with van der Waals surface area (Å²) in [6, 6.07) is 13.0. The van der Waals surface area contributed by atoms with E-state index in [0.717, 1.165) is 27.1 Å². The van der Waals surface area contributed by atoms with Gasteiger partial charge >= 0.3 is 0 Å². The number of nitrogens with zero attached hydrogens (tertiary/aromatic N) is 3. The van der Waals surface area contributed by atoms with Gasteiger partial charge < -0.3 is 4.57 Å². The van der Waals surface area contributed by atoms with Gasteiger partial charge in [0.1, 0.15) is 0 Å². The zero-order chi connectivity index (χ0) is 23.2. The summed E-state index contributed by atoms with van der Waals surface area (Å²) in [5, 5.41) is 2.16. The third-order valence-corrected chi connectivity index (χ3v) is 8.08. The highest BCUT2D eigenvalue weighted by atomic mass is 79.9. The van der Waals surface area contributed by atoms with E-state index in [1.165, 1.54) is 11.8 Å². The predicted molar refractivity (Wildman–Crippen MR) is 140 cm³/mol. The molecule has 32 heavy (non-hydrogen) atoms. The summed E-state index contributed by atoms with van der Waals surface area (Å²) < 4.78 is 2.88. The van der Waals surface area contributed by atoms with E-state index in [1.807, 2.05) is 50.3 Å². The number of amides is 1. The van der Waals surface area contributed by atoms with Crippen molar-refractivity contribution < 1.29 is 4.79 Å². The number of likely N-dealkylation sites (N-methyl/N-ethyl adjacent to an activating group) is 1. The average molecular weight is 570 g/mol. The molecule has 1 aliphatic heterocycles. The van der Waals surface area contributed by atoms with Crippen LogP contribution in [0.2, 0.25) is 15.1 Å². The van der Waals surface area contributed by atoms with Crippen LogP contribution < -0.4 is 0 Å². The number of aliphatic imine (C=N–C) groups is 1. The Hall–Kier alpha value is -1.70. The first-order valence-corrected chi connectivity index (χ1v) is 12.3. The first-order valence-electron chi connectivity index (χ1n) is 9.51. The maximum absolute atomic E-state index is 12.9. The molecule has 4 nitrogen and oxygen atoms in total. The Morgan fingerprint density at radius 1 is 1.00 bits per heavy atom. The molecule has 1 amide bonds. The third kappa shape index (κ3) is 4.52.